The summed E-state index contributed by atoms with van der Waals surface area (Å²) >= 11 is 0. The molecule has 0 atom stereocenters. The summed E-state index contributed by atoms with van der Waals surface area (Å²) in [6, 6.07) is 25.0. The predicted molar refractivity (Wildman–Crippen MR) is 95.9 cm³/mol. The monoisotopic (exact) mass is 331 g/mol. The largest absolute Gasteiger partial charge is 0.489 e. The van der Waals surface area contributed by atoms with E-state index in [0.29, 0.717) is 24.7 Å². The van der Waals surface area contributed by atoms with Gasteiger partial charge in [-0.3, -0.25) is 4.90 Å². The smallest absolute Gasteiger partial charge is 0.420 e. The van der Waals surface area contributed by atoms with Crippen LogP contribution in [0, 0.1) is 0 Å². The number of amides is 1. The van der Waals surface area contributed by atoms with E-state index in [1.807, 2.05) is 78.9 Å². The molecule has 0 N–H and O–H groups in total. The van der Waals surface area contributed by atoms with Gasteiger partial charge >= 0.3 is 6.09 Å². The van der Waals surface area contributed by atoms with Crippen molar-refractivity contribution in [1.29, 1.82) is 0 Å². The molecule has 1 heterocycles. The van der Waals surface area contributed by atoms with E-state index in [1.165, 1.54) is 0 Å². The Morgan fingerprint density at radius 3 is 2.60 bits per heavy atom. The molecule has 4 heteroatoms. The first-order chi connectivity index (χ1) is 12.3. The average Bonchev–Trinajstić information content (AvgIpc) is 2.67. The van der Waals surface area contributed by atoms with Crippen molar-refractivity contribution in [1.82, 2.24) is 0 Å². The zero-order valence-electron chi connectivity index (χ0n) is 13.6. The van der Waals surface area contributed by atoms with E-state index >= 15 is 0 Å². The molecule has 1 aliphatic heterocycles. The Hall–Kier alpha value is -3.27. The fourth-order valence-electron chi connectivity index (χ4n) is 2.80. The van der Waals surface area contributed by atoms with E-state index in [4.69, 9.17) is 9.47 Å². The molecular formula is C21H17NO3. The molecule has 0 saturated heterocycles. The van der Waals surface area contributed by atoms with Crippen molar-refractivity contribution >= 4 is 11.8 Å². The highest BCUT2D eigenvalue weighted by Gasteiger charge is 2.26. The van der Waals surface area contributed by atoms with Crippen LogP contribution in [0.1, 0.15) is 11.1 Å². The van der Waals surface area contributed by atoms with Crippen LogP contribution in [0.15, 0.2) is 78.9 Å². The van der Waals surface area contributed by atoms with Gasteiger partial charge in [-0.05, 0) is 23.8 Å². The molecule has 3 aromatic carbocycles. The fourth-order valence-corrected chi connectivity index (χ4v) is 2.80. The Labute approximate surface area is 146 Å². The van der Waals surface area contributed by atoms with Crippen LogP contribution in [0.5, 0.6) is 11.5 Å². The first kappa shape index (κ1) is 15.3. The summed E-state index contributed by atoms with van der Waals surface area (Å²) in [7, 11) is 0. The lowest BCUT2D eigenvalue weighted by Crippen LogP contribution is -2.36. The lowest BCUT2D eigenvalue weighted by atomic mass is 10.1. The standard InChI is InChI=1S/C21H17NO3/c23-21-22(14-17-9-4-5-12-20(17)25-21)18-10-6-11-19(13-18)24-15-16-7-2-1-3-8-16/h1-13H,14-15H2. The van der Waals surface area contributed by atoms with E-state index in [2.05, 4.69) is 0 Å². The van der Waals surface area contributed by atoms with Gasteiger partial charge in [-0.25, -0.2) is 4.79 Å². The molecule has 0 bridgehead atoms. The van der Waals surface area contributed by atoms with E-state index in [9.17, 15) is 4.79 Å². The van der Waals surface area contributed by atoms with E-state index in [-0.39, 0.29) is 6.09 Å². The maximum Gasteiger partial charge on any atom is 0.420 e. The number of ether oxygens (including phenoxy) is 2. The maximum atomic E-state index is 12.3. The quantitative estimate of drug-likeness (QED) is 0.690. The molecule has 1 amide bonds. The minimum atomic E-state index is -0.376. The minimum Gasteiger partial charge on any atom is -0.489 e. The number of nitrogens with zero attached hydrogens (tertiary/aromatic N) is 1. The fraction of sp³-hybridized carbons (Fsp3) is 0.0952. The summed E-state index contributed by atoms with van der Waals surface area (Å²) in [6.07, 6.45) is -0.376. The number of benzene rings is 3. The molecule has 25 heavy (non-hydrogen) atoms. The second-order valence-electron chi connectivity index (χ2n) is 5.83. The third kappa shape index (κ3) is 3.33. The molecule has 0 aliphatic carbocycles. The first-order valence-electron chi connectivity index (χ1n) is 8.14. The van der Waals surface area contributed by atoms with Gasteiger partial charge in [-0.1, -0.05) is 54.6 Å². The van der Waals surface area contributed by atoms with Crippen LogP contribution in [-0.2, 0) is 13.2 Å². The van der Waals surface area contributed by atoms with Gasteiger partial charge in [0.05, 0.1) is 12.2 Å². The Balaban J connectivity index is 1.52. The molecule has 0 saturated carbocycles. The molecule has 0 radical (unpaired) electrons. The second kappa shape index (κ2) is 6.69. The van der Waals surface area contributed by atoms with Crippen molar-refractivity contribution in [2.75, 3.05) is 4.90 Å². The molecule has 3 aromatic rings. The molecule has 0 fully saturated rings. The molecule has 4 rings (SSSR count). The summed E-state index contributed by atoms with van der Waals surface area (Å²) in [5.41, 5.74) is 2.84. The van der Waals surface area contributed by atoms with Crippen molar-refractivity contribution in [3.8, 4) is 11.5 Å². The van der Waals surface area contributed by atoms with Crippen molar-refractivity contribution in [2.24, 2.45) is 0 Å². The van der Waals surface area contributed by atoms with Crippen molar-refractivity contribution in [3.05, 3.63) is 90.0 Å². The summed E-state index contributed by atoms with van der Waals surface area (Å²) in [4.78, 5) is 13.9. The molecule has 4 nitrogen and oxygen atoms in total. The highest BCUT2D eigenvalue weighted by atomic mass is 16.6. The van der Waals surface area contributed by atoms with Crippen LogP contribution in [0.4, 0.5) is 10.5 Å². The maximum absolute atomic E-state index is 12.3. The van der Waals surface area contributed by atoms with Crippen molar-refractivity contribution < 1.29 is 14.3 Å². The predicted octanol–water partition coefficient (Wildman–Crippen LogP) is 4.78. The average molecular weight is 331 g/mol. The van der Waals surface area contributed by atoms with Gasteiger partial charge in [0, 0.05) is 11.6 Å². The van der Waals surface area contributed by atoms with E-state index < -0.39 is 0 Å². The lowest BCUT2D eigenvalue weighted by molar-refractivity contribution is 0.203. The van der Waals surface area contributed by atoms with Gasteiger partial charge in [0.15, 0.2) is 0 Å². The number of anilines is 1. The molecule has 0 aromatic heterocycles. The number of carbonyl (C=O) groups excluding carboxylic acids is 1. The molecule has 124 valence electrons. The zero-order valence-corrected chi connectivity index (χ0v) is 13.6. The van der Waals surface area contributed by atoms with Crippen molar-refractivity contribution in [2.45, 2.75) is 13.2 Å². The molecule has 1 aliphatic rings. The number of hydrogen-bond acceptors (Lipinski definition) is 3. The Kier molecular flexibility index (Phi) is 4.09. The van der Waals surface area contributed by atoms with Crippen LogP contribution in [0.2, 0.25) is 0 Å². The third-order valence-corrected chi connectivity index (χ3v) is 4.10. The van der Waals surface area contributed by atoms with Gasteiger partial charge in [0.25, 0.3) is 0 Å². The highest BCUT2D eigenvalue weighted by Crippen LogP contribution is 2.30. The summed E-state index contributed by atoms with van der Waals surface area (Å²) in [5.74, 6) is 1.34. The highest BCUT2D eigenvalue weighted by molar-refractivity contribution is 5.91. The number of hydrogen-bond donors (Lipinski definition) is 0. The van der Waals surface area contributed by atoms with Gasteiger partial charge in [-0.2, -0.15) is 0 Å². The van der Waals surface area contributed by atoms with Gasteiger partial charge in [0.2, 0.25) is 0 Å². The van der Waals surface area contributed by atoms with Crippen LogP contribution in [-0.4, -0.2) is 6.09 Å². The summed E-state index contributed by atoms with van der Waals surface area (Å²) < 4.78 is 11.3. The summed E-state index contributed by atoms with van der Waals surface area (Å²) in [6.45, 7) is 0.967. The molecule has 0 spiro atoms. The number of fused-ring (bicyclic) bond motifs is 1. The second-order valence-corrected chi connectivity index (χ2v) is 5.83. The van der Waals surface area contributed by atoms with E-state index in [0.717, 1.165) is 16.8 Å². The number of carbonyl (C=O) groups is 1. The normalized spacial score (nSPS) is 13.1. The Morgan fingerprint density at radius 2 is 1.72 bits per heavy atom. The molecule has 0 unspecified atom stereocenters. The minimum absolute atomic E-state index is 0.376. The lowest BCUT2D eigenvalue weighted by Gasteiger charge is -2.28. The number of para-hydroxylation sites is 1. The van der Waals surface area contributed by atoms with Crippen LogP contribution in [0.3, 0.4) is 0 Å². The van der Waals surface area contributed by atoms with Crippen molar-refractivity contribution in [3.63, 3.8) is 0 Å². The van der Waals surface area contributed by atoms with Gasteiger partial charge < -0.3 is 9.47 Å². The van der Waals surface area contributed by atoms with Crippen LogP contribution in [0.25, 0.3) is 0 Å². The number of rotatable bonds is 4. The zero-order chi connectivity index (χ0) is 17.1. The van der Waals surface area contributed by atoms with Gasteiger partial charge in [-0.15, -0.1) is 0 Å². The third-order valence-electron chi connectivity index (χ3n) is 4.10. The Bertz CT molecular complexity index is 892. The Morgan fingerprint density at radius 1 is 0.920 bits per heavy atom. The van der Waals surface area contributed by atoms with Gasteiger partial charge in [0.1, 0.15) is 18.1 Å². The van der Waals surface area contributed by atoms with Crippen LogP contribution < -0.4 is 14.4 Å². The topological polar surface area (TPSA) is 38.8 Å². The summed E-state index contributed by atoms with van der Waals surface area (Å²) in [5, 5.41) is 0. The van der Waals surface area contributed by atoms with E-state index in [1.54, 1.807) is 4.90 Å². The first-order valence-corrected chi connectivity index (χ1v) is 8.14. The van der Waals surface area contributed by atoms with Crippen LogP contribution >= 0.6 is 0 Å². The molecular weight excluding hydrogens is 314 g/mol. The SMILES string of the molecule is O=C1Oc2ccccc2CN1c1cccc(OCc2ccccc2)c1.